The minimum Gasteiger partial charge on any atom is -0.481 e. The highest BCUT2D eigenvalue weighted by atomic mass is 16.5. The molecule has 1 aromatic carbocycles. The third-order valence-corrected chi connectivity index (χ3v) is 3.98. The molecule has 1 fully saturated rings. The van der Waals surface area contributed by atoms with Crippen LogP contribution in [0.4, 0.5) is 0 Å². The molecule has 2 heterocycles. The summed E-state index contributed by atoms with van der Waals surface area (Å²) in [6.45, 7) is 0.558. The van der Waals surface area contributed by atoms with Crippen molar-refractivity contribution in [1.82, 2.24) is 9.88 Å². The Balaban J connectivity index is 1.75. The lowest BCUT2D eigenvalue weighted by molar-refractivity contribution is -0.137. The zero-order valence-corrected chi connectivity index (χ0v) is 13.1. The van der Waals surface area contributed by atoms with Crippen molar-refractivity contribution in [1.29, 1.82) is 0 Å². The van der Waals surface area contributed by atoms with Gasteiger partial charge in [-0.2, -0.15) is 0 Å². The Morgan fingerprint density at radius 1 is 1.21 bits per heavy atom. The number of hydrogen-bond donors (Lipinski definition) is 1. The van der Waals surface area contributed by atoms with Crippen molar-refractivity contribution < 1.29 is 19.4 Å². The summed E-state index contributed by atoms with van der Waals surface area (Å²) >= 11 is 0. The molecule has 0 bridgehead atoms. The third-order valence-electron chi connectivity index (χ3n) is 3.98. The Hall–Kier alpha value is -2.89. The maximum atomic E-state index is 12.7. The molecule has 0 saturated carbocycles. The lowest BCUT2D eigenvalue weighted by Crippen LogP contribution is -2.37. The summed E-state index contributed by atoms with van der Waals surface area (Å²) in [6.07, 6.45) is 3.00. The molecule has 2 aromatic rings. The molecule has 1 aromatic heterocycles. The van der Waals surface area contributed by atoms with Gasteiger partial charge in [-0.3, -0.25) is 14.6 Å². The van der Waals surface area contributed by atoms with Crippen molar-refractivity contribution in [3.63, 3.8) is 0 Å². The molecule has 1 aliphatic rings. The Labute approximate surface area is 139 Å². The largest absolute Gasteiger partial charge is 0.481 e. The Kier molecular flexibility index (Phi) is 4.74. The number of ether oxygens (including phenoxy) is 1. The van der Waals surface area contributed by atoms with Crippen LogP contribution in [-0.2, 0) is 4.79 Å². The molecule has 0 radical (unpaired) electrons. The number of para-hydroxylation sites is 1. The van der Waals surface area contributed by atoms with E-state index in [1.54, 1.807) is 17.0 Å². The molecule has 1 amide bonds. The Morgan fingerprint density at radius 3 is 2.75 bits per heavy atom. The molecular formula is C18H18N2O4. The number of carboxylic acid groups (broad SMARTS) is 1. The molecule has 1 atom stereocenters. The number of carbonyl (C=O) groups excluding carboxylic acids is 1. The van der Waals surface area contributed by atoms with Crippen LogP contribution in [0.2, 0.25) is 0 Å². The molecule has 1 unspecified atom stereocenters. The van der Waals surface area contributed by atoms with Crippen LogP contribution in [0.5, 0.6) is 11.5 Å². The van der Waals surface area contributed by atoms with E-state index in [9.17, 15) is 9.59 Å². The van der Waals surface area contributed by atoms with E-state index < -0.39 is 5.97 Å². The number of nitrogens with zero attached hydrogens (tertiary/aromatic N) is 2. The van der Waals surface area contributed by atoms with Gasteiger partial charge in [-0.25, -0.2) is 0 Å². The summed E-state index contributed by atoms with van der Waals surface area (Å²) in [6, 6.07) is 12.3. The second-order valence-corrected chi connectivity index (χ2v) is 5.68. The Morgan fingerprint density at radius 2 is 2.00 bits per heavy atom. The van der Waals surface area contributed by atoms with Crippen molar-refractivity contribution in [3.05, 3.63) is 54.4 Å². The van der Waals surface area contributed by atoms with Gasteiger partial charge in [0.05, 0.1) is 6.42 Å². The summed E-state index contributed by atoms with van der Waals surface area (Å²) in [5.74, 6) is 0.0478. The minimum atomic E-state index is -0.895. The van der Waals surface area contributed by atoms with Crippen LogP contribution < -0.4 is 4.74 Å². The van der Waals surface area contributed by atoms with Crippen LogP contribution in [0.3, 0.4) is 0 Å². The fourth-order valence-electron chi connectivity index (χ4n) is 2.88. The summed E-state index contributed by atoms with van der Waals surface area (Å²) in [5.41, 5.74) is 0.265. The molecule has 1 aliphatic heterocycles. The topological polar surface area (TPSA) is 79.7 Å². The van der Waals surface area contributed by atoms with E-state index in [-0.39, 0.29) is 24.1 Å². The van der Waals surface area contributed by atoms with Gasteiger partial charge in [0, 0.05) is 24.8 Å². The fourth-order valence-corrected chi connectivity index (χ4v) is 2.88. The maximum Gasteiger partial charge on any atom is 0.305 e. The predicted octanol–water partition coefficient (Wildman–Crippen LogP) is 2.95. The highest BCUT2D eigenvalue weighted by molar-refractivity contribution is 5.93. The first-order valence-electron chi connectivity index (χ1n) is 7.85. The highest BCUT2D eigenvalue weighted by Crippen LogP contribution is 2.25. The number of aromatic nitrogens is 1. The van der Waals surface area contributed by atoms with Crippen LogP contribution in [0.25, 0.3) is 0 Å². The summed E-state index contributed by atoms with van der Waals surface area (Å²) in [4.78, 5) is 29.3. The second kappa shape index (κ2) is 7.12. The van der Waals surface area contributed by atoms with Crippen molar-refractivity contribution >= 4 is 11.9 Å². The number of likely N-dealkylation sites (tertiary alicyclic amines) is 1. The van der Waals surface area contributed by atoms with E-state index in [1.165, 1.54) is 6.20 Å². The van der Waals surface area contributed by atoms with Gasteiger partial charge in [0.15, 0.2) is 0 Å². The molecular weight excluding hydrogens is 308 g/mol. The molecule has 6 nitrogen and oxygen atoms in total. The van der Waals surface area contributed by atoms with E-state index in [1.807, 2.05) is 30.3 Å². The third kappa shape index (κ3) is 3.71. The molecule has 0 aliphatic carbocycles. The highest BCUT2D eigenvalue weighted by Gasteiger charge is 2.31. The lowest BCUT2D eigenvalue weighted by Gasteiger charge is -2.23. The smallest absolute Gasteiger partial charge is 0.305 e. The number of hydrogen-bond acceptors (Lipinski definition) is 4. The molecule has 6 heteroatoms. The number of carboxylic acids is 1. The SMILES string of the molecule is O=C(O)CC1CCCN1C(=O)c1cc(Oc2ccccc2)ccn1. The van der Waals surface area contributed by atoms with Crippen LogP contribution in [0.1, 0.15) is 29.8 Å². The number of amides is 1. The predicted molar refractivity (Wildman–Crippen MR) is 87.1 cm³/mol. The average molecular weight is 326 g/mol. The molecule has 1 N–H and O–H groups in total. The lowest BCUT2D eigenvalue weighted by atomic mass is 10.1. The minimum absolute atomic E-state index is 0.0358. The van der Waals surface area contributed by atoms with Crippen molar-refractivity contribution in [2.75, 3.05) is 6.54 Å². The maximum absolute atomic E-state index is 12.7. The monoisotopic (exact) mass is 326 g/mol. The van der Waals surface area contributed by atoms with E-state index in [2.05, 4.69) is 4.98 Å². The van der Waals surface area contributed by atoms with Crippen molar-refractivity contribution in [3.8, 4) is 11.5 Å². The standard InChI is InChI=1S/C18H18N2O4/c21-17(22)11-13-5-4-10-20(13)18(23)16-12-15(8-9-19-16)24-14-6-2-1-3-7-14/h1-3,6-9,12-13H,4-5,10-11H2,(H,21,22). The second-order valence-electron chi connectivity index (χ2n) is 5.68. The van der Waals surface area contributed by atoms with E-state index in [0.29, 0.717) is 24.5 Å². The normalized spacial score (nSPS) is 16.8. The molecule has 3 rings (SSSR count). The number of rotatable bonds is 5. The average Bonchev–Trinajstić information content (AvgIpc) is 3.02. The first-order chi connectivity index (χ1) is 11.6. The van der Waals surface area contributed by atoms with Crippen LogP contribution in [0, 0.1) is 0 Å². The van der Waals surface area contributed by atoms with Crippen molar-refractivity contribution in [2.24, 2.45) is 0 Å². The number of pyridine rings is 1. The molecule has 0 spiro atoms. The quantitative estimate of drug-likeness (QED) is 0.914. The van der Waals surface area contributed by atoms with Crippen LogP contribution in [0.15, 0.2) is 48.7 Å². The molecule has 124 valence electrons. The van der Waals surface area contributed by atoms with Gasteiger partial charge in [0.1, 0.15) is 17.2 Å². The van der Waals surface area contributed by atoms with E-state index >= 15 is 0 Å². The van der Waals surface area contributed by atoms with E-state index in [0.717, 1.165) is 6.42 Å². The van der Waals surface area contributed by atoms with Gasteiger partial charge in [-0.05, 0) is 31.0 Å². The van der Waals surface area contributed by atoms with Gasteiger partial charge < -0.3 is 14.7 Å². The Bertz CT molecular complexity index is 733. The summed E-state index contributed by atoms with van der Waals surface area (Å²) in [7, 11) is 0. The molecule has 24 heavy (non-hydrogen) atoms. The zero-order valence-electron chi connectivity index (χ0n) is 13.1. The van der Waals surface area contributed by atoms with Crippen LogP contribution in [-0.4, -0.2) is 39.5 Å². The molecule has 1 saturated heterocycles. The van der Waals surface area contributed by atoms with Gasteiger partial charge in [-0.1, -0.05) is 18.2 Å². The number of benzene rings is 1. The van der Waals surface area contributed by atoms with Gasteiger partial charge in [0.2, 0.25) is 0 Å². The van der Waals surface area contributed by atoms with Gasteiger partial charge in [-0.15, -0.1) is 0 Å². The number of carbonyl (C=O) groups is 2. The fraction of sp³-hybridized carbons (Fsp3) is 0.278. The van der Waals surface area contributed by atoms with Gasteiger partial charge in [0.25, 0.3) is 5.91 Å². The number of aliphatic carboxylic acids is 1. The van der Waals surface area contributed by atoms with E-state index in [4.69, 9.17) is 9.84 Å². The first kappa shape index (κ1) is 16.0. The van der Waals surface area contributed by atoms with Crippen LogP contribution >= 0.6 is 0 Å². The zero-order chi connectivity index (χ0) is 16.9. The first-order valence-corrected chi connectivity index (χ1v) is 7.85. The summed E-state index contributed by atoms with van der Waals surface area (Å²) in [5, 5.41) is 8.98. The summed E-state index contributed by atoms with van der Waals surface area (Å²) < 4.78 is 5.72. The van der Waals surface area contributed by atoms with Gasteiger partial charge >= 0.3 is 5.97 Å². The van der Waals surface area contributed by atoms with Crippen molar-refractivity contribution in [2.45, 2.75) is 25.3 Å².